The Morgan fingerprint density at radius 3 is 2.62 bits per heavy atom. The van der Waals surface area contributed by atoms with Gasteiger partial charge in [-0.25, -0.2) is 4.79 Å². The Morgan fingerprint density at radius 1 is 1.17 bits per heavy atom. The molecule has 24 heavy (non-hydrogen) atoms. The molecule has 0 spiro atoms. The van der Waals surface area contributed by atoms with E-state index in [1.165, 1.54) is 24.3 Å². The molecule has 0 saturated heterocycles. The lowest BCUT2D eigenvalue weighted by Crippen LogP contribution is -2.31. The quantitative estimate of drug-likeness (QED) is 0.795. The van der Waals surface area contributed by atoms with Crippen molar-refractivity contribution < 1.29 is 24.2 Å². The number of carbonyl (C=O) groups excluding carboxylic acids is 2. The maximum atomic E-state index is 12.0. The molecule has 2 aromatic rings. The van der Waals surface area contributed by atoms with Crippen LogP contribution in [-0.2, 0) is 9.53 Å². The number of ether oxygens (including phenoxy) is 2. The topological polar surface area (TPSA) is 84.9 Å². The van der Waals surface area contributed by atoms with E-state index in [9.17, 15) is 14.7 Å². The first-order chi connectivity index (χ1) is 11.5. The first-order valence-electron chi connectivity index (χ1n) is 7.39. The van der Waals surface area contributed by atoms with Crippen molar-refractivity contribution in [3.8, 4) is 11.5 Å². The molecular weight excluding hydrogens is 310 g/mol. The molecule has 0 bridgehead atoms. The van der Waals surface area contributed by atoms with Crippen molar-refractivity contribution >= 4 is 11.9 Å². The molecule has 0 heterocycles. The van der Waals surface area contributed by atoms with Gasteiger partial charge in [0.25, 0.3) is 5.91 Å². The molecule has 126 valence electrons. The standard InChI is InChI=1S/C18H19NO5/c1-12(15-8-3-4-9-16(15)23-2)19-17(21)11-24-18(22)13-6-5-7-14(20)10-13/h3-10,12,20H,11H2,1-2H3,(H,19,21). The Kier molecular flexibility index (Phi) is 5.78. The molecule has 0 radical (unpaired) electrons. The molecule has 0 fully saturated rings. The number of nitrogens with one attached hydrogen (secondary N) is 1. The second-order valence-electron chi connectivity index (χ2n) is 5.16. The molecule has 0 aliphatic carbocycles. The zero-order chi connectivity index (χ0) is 17.5. The van der Waals surface area contributed by atoms with Gasteiger partial charge in [-0.1, -0.05) is 24.3 Å². The third-order valence-electron chi connectivity index (χ3n) is 3.40. The van der Waals surface area contributed by atoms with Gasteiger partial charge in [-0.15, -0.1) is 0 Å². The van der Waals surface area contributed by atoms with E-state index in [0.717, 1.165) is 5.56 Å². The van der Waals surface area contributed by atoms with Crippen LogP contribution < -0.4 is 10.1 Å². The minimum atomic E-state index is -0.675. The maximum absolute atomic E-state index is 12.0. The monoisotopic (exact) mass is 329 g/mol. The molecule has 0 aliphatic rings. The molecule has 1 atom stereocenters. The van der Waals surface area contributed by atoms with E-state index >= 15 is 0 Å². The molecule has 0 saturated carbocycles. The van der Waals surface area contributed by atoms with Crippen molar-refractivity contribution in [2.45, 2.75) is 13.0 Å². The van der Waals surface area contributed by atoms with Gasteiger partial charge < -0.3 is 19.9 Å². The molecule has 0 aliphatic heterocycles. The lowest BCUT2D eigenvalue weighted by Gasteiger charge is -2.17. The van der Waals surface area contributed by atoms with Gasteiger partial charge in [0.15, 0.2) is 6.61 Å². The summed E-state index contributed by atoms with van der Waals surface area (Å²) in [6, 6.07) is 12.8. The molecule has 1 amide bonds. The van der Waals surface area contributed by atoms with Gasteiger partial charge in [0.1, 0.15) is 11.5 Å². The highest BCUT2D eigenvalue weighted by atomic mass is 16.5. The summed E-state index contributed by atoms with van der Waals surface area (Å²) in [7, 11) is 1.56. The average molecular weight is 329 g/mol. The lowest BCUT2D eigenvalue weighted by atomic mass is 10.1. The van der Waals surface area contributed by atoms with E-state index in [1.54, 1.807) is 13.2 Å². The van der Waals surface area contributed by atoms with E-state index in [1.807, 2.05) is 25.1 Å². The van der Waals surface area contributed by atoms with Crippen LogP contribution in [-0.4, -0.2) is 30.7 Å². The largest absolute Gasteiger partial charge is 0.508 e. The number of rotatable bonds is 6. The number of phenolic OH excluding ortho intramolecular Hbond substituents is 1. The number of phenols is 1. The lowest BCUT2D eigenvalue weighted by molar-refractivity contribution is -0.124. The van der Waals surface area contributed by atoms with Crippen LogP contribution in [0.25, 0.3) is 0 Å². The zero-order valence-electron chi connectivity index (χ0n) is 13.5. The predicted molar refractivity (Wildman–Crippen MR) is 87.9 cm³/mol. The predicted octanol–water partition coefficient (Wildman–Crippen LogP) is 2.44. The molecule has 2 rings (SSSR count). The molecule has 0 aromatic heterocycles. The van der Waals surface area contributed by atoms with Crippen LogP contribution in [0.2, 0.25) is 0 Å². The smallest absolute Gasteiger partial charge is 0.338 e. The second kappa shape index (κ2) is 8.01. The van der Waals surface area contributed by atoms with Crippen LogP contribution in [0.3, 0.4) is 0 Å². The first kappa shape index (κ1) is 17.3. The average Bonchev–Trinajstić information content (AvgIpc) is 2.59. The fraction of sp³-hybridized carbons (Fsp3) is 0.222. The zero-order valence-corrected chi connectivity index (χ0v) is 13.5. The Labute approximate surface area is 140 Å². The number of para-hydroxylation sites is 1. The summed E-state index contributed by atoms with van der Waals surface area (Å²) < 4.78 is 10.2. The van der Waals surface area contributed by atoms with Gasteiger partial charge in [0, 0.05) is 5.56 Å². The number of aromatic hydroxyl groups is 1. The normalized spacial score (nSPS) is 11.4. The Hall–Kier alpha value is -3.02. The van der Waals surface area contributed by atoms with Gasteiger partial charge in [-0.05, 0) is 31.2 Å². The highest BCUT2D eigenvalue weighted by Crippen LogP contribution is 2.24. The summed E-state index contributed by atoms with van der Waals surface area (Å²) in [5.41, 5.74) is 1.01. The Morgan fingerprint density at radius 2 is 1.92 bits per heavy atom. The highest BCUT2D eigenvalue weighted by molar-refractivity contribution is 5.91. The van der Waals surface area contributed by atoms with Crippen LogP contribution in [0.5, 0.6) is 11.5 Å². The number of amides is 1. The second-order valence-corrected chi connectivity index (χ2v) is 5.16. The van der Waals surface area contributed by atoms with Gasteiger partial charge >= 0.3 is 5.97 Å². The molecule has 2 N–H and O–H groups in total. The van der Waals surface area contributed by atoms with E-state index in [2.05, 4.69) is 5.32 Å². The summed E-state index contributed by atoms with van der Waals surface area (Å²) in [6.07, 6.45) is 0. The molecule has 1 unspecified atom stereocenters. The fourth-order valence-electron chi connectivity index (χ4n) is 2.23. The number of hydrogen-bond donors (Lipinski definition) is 2. The Bertz CT molecular complexity index is 729. The summed E-state index contributed by atoms with van der Waals surface area (Å²) in [6.45, 7) is 1.40. The van der Waals surface area contributed by atoms with Crippen molar-refractivity contribution in [3.05, 3.63) is 59.7 Å². The van der Waals surface area contributed by atoms with Crippen molar-refractivity contribution in [3.63, 3.8) is 0 Å². The van der Waals surface area contributed by atoms with Gasteiger partial charge in [-0.3, -0.25) is 4.79 Å². The maximum Gasteiger partial charge on any atom is 0.338 e. The third kappa shape index (κ3) is 4.49. The van der Waals surface area contributed by atoms with Crippen molar-refractivity contribution in [1.82, 2.24) is 5.32 Å². The van der Waals surface area contributed by atoms with Crippen LogP contribution >= 0.6 is 0 Å². The minimum Gasteiger partial charge on any atom is -0.508 e. The van der Waals surface area contributed by atoms with Crippen molar-refractivity contribution in [2.24, 2.45) is 0 Å². The van der Waals surface area contributed by atoms with Gasteiger partial charge in [-0.2, -0.15) is 0 Å². The van der Waals surface area contributed by atoms with Crippen LogP contribution in [0.15, 0.2) is 48.5 Å². The van der Waals surface area contributed by atoms with E-state index in [4.69, 9.17) is 9.47 Å². The fourth-order valence-corrected chi connectivity index (χ4v) is 2.23. The number of benzene rings is 2. The molecule has 6 nitrogen and oxygen atoms in total. The van der Waals surface area contributed by atoms with Crippen molar-refractivity contribution in [2.75, 3.05) is 13.7 Å². The molecule has 2 aromatic carbocycles. The van der Waals surface area contributed by atoms with Crippen molar-refractivity contribution in [1.29, 1.82) is 0 Å². The summed E-state index contributed by atoms with van der Waals surface area (Å²) in [4.78, 5) is 23.8. The van der Waals surface area contributed by atoms with Gasteiger partial charge in [0.05, 0.1) is 18.7 Å². The molecular formula is C18H19NO5. The van der Waals surface area contributed by atoms with Crippen LogP contribution in [0.4, 0.5) is 0 Å². The van der Waals surface area contributed by atoms with Gasteiger partial charge in [0.2, 0.25) is 0 Å². The first-order valence-corrected chi connectivity index (χ1v) is 7.39. The van der Waals surface area contributed by atoms with E-state index in [-0.39, 0.29) is 17.4 Å². The highest BCUT2D eigenvalue weighted by Gasteiger charge is 2.15. The van der Waals surface area contributed by atoms with E-state index in [0.29, 0.717) is 5.75 Å². The molecule has 6 heteroatoms. The van der Waals surface area contributed by atoms with E-state index < -0.39 is 18.5 Å². The van der Waals surface area contributed by atoms with Crippen LogP contribution in [0.1, 0.15) is 28.9 Å². The number of carbonyl (C=O) groups is 2. The third-order valence-corrected chi connectivity index (χ3v) is 3.40. The summed E-state index contributed by atoms with van der Waals surface area (Å²) in [5, 5.41) is 12.1. The minimum absolute atomic E-state index is 0.0429. The Balaban J connectivity index is 1.90. The SMILES string of the molecule is COc1ccccc1C(C)NC(=O)COC(=O)c1cccc(O)c1. The van der Waals surface area contributed by atoms with Crippen LogP contribution in [0, 0.1) is 0 Å². The number of hydrogen-bond acceptors (Lipinski definition) is 5. The number of methoxy groups -OCH3 is 1. The number of esters is 1. The summed E-state index contributed by atoms with van der Waals surface area (Å²) >= 11 is 0. The summed E-state index contributed by atoms with van der Waals surface area (Å²) in [5.74, 6) is -0.478.